The first-order chi connectivity index (χ1) is 19.8. The molecule has 3 aromatic carbocycles. The van der Waals surface area contributed by atoms with Crippen molar-refractivity contribution in [2.45, 2.75) is 36.5 Å². The number of nitrogens with one attached hydrogen (secondary N) is 2. The van der Waals surface area contributed by atoms with Crippen molar-refractivity contribution in [1.82, 2.24) is 15.0 Å². The van der Waals surface area contributed by atoms with Gasteiger partial charge in [0.05, 0.1) is 22.6 Å². The third-order valence-corrected chi connectivity index (χ3v) is 8.13. The van der Waals surface area contributed by atoms with E-state index in [-0.39, 0.29) is 16.9 Å². The summed E-state index contributed by atoms with van der Waals surface area (Å²) >= 11 is 0. The number of hydrogen-bond donors (Lipinski definition) is 4. The van der Waals surface area contributed by atoms with E-state index in [1.54, 1.807) is 6.20 Å². The second-order valence-corrected chi connectivity index (χ2v) is 11.8. The molecule has 0 radical (unpaired) electrons. The Hall–Kier alpha value is -4.19. The molecule has 0 spiro atoms. The van der Waals surface area contributed by atoms with Gasteiger partial charge in [0.2, 0.25) is 5.91 Å². The number of pyridine rings is 1. The fourth-order valence-electron chi connectivity index (χ4n) is 4.39. The van der Waals surface area contributed by atoms with Gasteiger partial charge in [0.25, 0.3) is 10.0 Å². The smallest absolute Gasteiger partial charge is 0.456 e. The lowest BCUT2D eigenvalue weighted by Gasteiger charge is -2.19. The van der Waals surface area contributed by atoms with Crippen molar-refractivity contribution in [2.75, 3.05) is 0 Å². The normalized spacial score (nSPS) is 14.3. The van der Waals surface area contributed by atoms with E-state index in [1.165, 1.54) is 24.3 Å². The van der Waals surface area contributed by atoms with Gasteiger partial charge in [-0.3, -0.25) is 14.5 Å². The molecule has 5 rings (SSSR count). The molecular formula is C30H30BN3O6S. The monoisotopic (exact) mass is 571 g/mol. The van der Waals surface area contributed by atoms with E-state index in [0.29, 0.717) is 23.8 Å². The number of hydrogen-bond acceptors (Lipinski definition) is 7. The molecule has 210 valence electrons. The highest BCUT2D eigenvalue weighted by molar-refractivity contribution is 7.89. The first-order valence-electron chi connectivity index (χ1n) is 13.3. The first-order valence-corrected chi connectivity index (χ1v) is 14.8. The third kappa shape index (κ3) is 7.72. The largest absolute Gasteiger partial charge is 0.475 e. The standard InChI is InChI=1S/C30H30BN3O6S/c35-30(34-29(31(36)37)17-22-10-11-22)24(16-21-6-2-1-3-7-21)19-33-41(38,39)27-14-12-25(13-15-27)40-26-18-23-8-4-5-9-28(23)32-20-26/h1-9,12-15,18-20,22,29,33,36-37H,10-11,16-17H2,(H,34,35)/b24-19+. The Labute approximate surface area is 239 Å². The Balaban J connectivity index is 1.30. The van der Waals surface area contributed by atoms with Gasteiger partial charge in [-0.15, -0.1) is 0 Å². The van der Waals surface area contributed by atoms with Crippen LogP contribution in [0.15, 0.2) is 108 Å². The van der Waals surface area contributed by atoms with E-state index in [2.05, 4.69) is 15.0 Å². The maximum absolute atomic E-state index is 13.2. The number of ether oxygens (including phenoxy) is 1. The zero-order valence-corrected chi connectivity index (χ0v) is 23.0. The van der Waals surface area contributed by atoms with E-state index < -0.39 is 29.0 Å². The molecule has 11 heteroatoms. The summed E-state index contributed by atoms with van der Waals surface area (Å²) in [6.07, 6.45) is 5.30. The van der Waals surface area contributed by atoms with Crippen molar-refractivity contribution >= 4 is 34.0 Å². The molecule has 1 unspecified atom stereocenters. The molecule has 0 bridgehead atoms. The Kier molecular flexibility index (Phi) is 8.68. The van der Waals surface area contributed by atoms with Crippen molar-refractivity contribution in [3.05, 3.63) is 108 Å². The van der Waals surface area contributed by atoms with Gasteiger partial charge in [-0.2, -0.15) is 0 Å². The molecule has 1 saturated carbocycles. The maximum Gasteiger partial charge on any atom is 0.475 e. The molecule has 4 N–H and O–H groups in total. The van der Waals surface area contributed by atoms with Crippen LogP contribution in [0.3, 0.4) is 0 Å². The van der Waals surface area contributed by atoms with Gasteiger partial charge in [0.1, 0.15) is 11.5 Å². The van der Waals surface area contributed by atoms with E-state index in [0.717, 1.165) is 35.5 Å². The second kappa shape index (κ2) is 12.5. The predicted octanol–water partition coefficient (Wildman–Crippen LogP) is 3.73. The van der Waals surface area contributed by atoms with Crippen LogP contribution in [-0.2, 0) is 21.2 Å². The number of para-hydroxylation sites is 1. The lowest BCUT2D eigenvalue weighted by molar-refractivity contribution is -0.118. The summed E-state index contributed by atoms with van der Waals surface area (Å²) in [5.41, 5.74) is 1.76. The molecule has 1 aliphatic carbocycles. The fourth-order valence-corrected chi connectivity index (χ4v) is 5.32. The number of sulfonamides is 1. The molecule has 1 aromatic heterocycles. The van der Waals surface area contributed by atoms with Crippen LogP contribution in [0.4, 0.5) is 0 Å². The topological polar surface area (TPSA) is 138 Å². The van der Waals surface area contributed by atoms with Crippen molar-refractivity contribution in [3.8, 4) is 11.5 Å². The third-order valence-electron chi connectivity index (χ3n) is 6.81. The summed E-state index contributed by atoms with van der Waals surface area (Å²) in [7, 11) is -5.75. The van der Waals surface area contributed by atoms with Gasteiger partial charge in [0.15, 0.2) is 0 Å². The minimum absolute atomic E-state index is 0.0189. The highest BCUT2D eigenvalue weighted by Gasteiger charge is 2.33. The Morgan fingerprint density at radius 2 is 1.71 bits per heavy atom. The van der Waals surface area contributed by atoms with Crippen molar-refractivity contribution < 1.29 is 28.0 Å². The van der Waals surface area contributed by atoms with Gasteiger partial charge in [-0.1, -0.05) is 61.4 Å². The summed E-state index contributed by atoms with van der Waals surface area (Å²) in [5, 5.41) is 23.1. The van der Waals surface area contributed by atoms with Gasteiger partial charge in [0, 0.05) is 23.6 Å². The van der Waals surface area contributed by atoms with Crippen LogP contribution >= 0.6 is 0 Å². The van der Waals surface area contributed by atoms with Gasteiger partial charge >= 0.3 is 7.12 Å². The molecule has 0 aliphatic heterocycles. The number of carbonyl (C=O) groups excluding carboxylic acids is 1. The maximum atomic E-state index is 13.2. The summed E-state index contributed by atoms with van der Waals surface area (Å²) in [6, 6.07) is 24.5. The molecular weight excluding hydrogens is 541 g/mol. The lowest BCUT2D eigenvalue weighted by Crippen LogP contribution is -2.47. The number of rotatable bonds is 12. The summed E-state index contributed by atoms with van der Waals surface area (Å²) < 4.78 is 34.4. The zero-order valence-electron chi connectivity index (χ0n) is 22.2. The molecule has 1 amide bonds. The van der Waals surface area contributed by atoms with Crippen LogP contribution in [-0.4, -0.2) is 42.4 Å². The van der Waals surface area contributed by atoms with Crippen LogP contribution in [0.5, 0.6) is 11.5 Å². The average Bonchev–Trinajstić information content (AvgIpc) is 3.80. The van der Waals surface area contributed by atoms with Crippen LogP contribution in [0.1, 0.15) is 24.8 Å². The minimum Gasteiger partial charge on any atom is -0.456 e. The summed E-state index contributed by atoms with van der Waals surface area (Å²) in [4.78, 5) is 17.5. The number of benzene rings is 3. The average molecular weight is 571 g/mol. The molecule has 9 nitrogen and oxygen atoms in total. The number of amides is 1. The highest BCUT2D eigenvalue weighted by atomic mass is 32.2. The van der Waals surface area contributed by atoms with Crippen LogP contribution < -0.4 is 14.8 Å². The van der Waals surface area contributed by atoms with Crippen molar-refractivity contribution in [1.29, 1.82) is 0 Å². The van der Waals surface area contributed by atoms with Crippen LogP contribution in [0.25, 0.3) is 10.9 Å². The zero-order chi connectivity index (χ0) is 28.8. The summed E-state index contributed by atoms with van der Waals surface area (Å²) in [6.45, 7) is 0. The Bertz CT molecular complexity index is 1640. The Morgan fingerprint density at radius 3 is 2.41 bits per heavy atom. The van der Waals surface area contributed by atoms with Gasteiger partial charge < -0.3 is 20.1 Å². The highest BCUT2D eigenvalue weighted by Crippen LogP contribution is 2.33. The van der Waals surface area contributed by atoms with Crippen molar-refractivity contribution in [3.63, 3.8) is 0 Å². The van der Waals surface area contributed by atoms with Gasteiger partial charge in [-0.25, -0.2) is 8.42 Å². The molecule has 1 aliphatic rings. The Morgan fingerprint density at radius 1 is 1.00 bits per heavy atom. The van der Waals surface area contributed by atoms with E-state index in [1.807, 2.05) is 60.7 Å². The van der Waals surface area contributed by atoms with Crippen LogP contribution in [0.2, 0.25) is 0 Å². The number of nitrogens with zero attached hydrogens (tertiary/aromatic N) is 1. The lowest BCUT2D eigenvalue weighted by atomic mass is 9.76. The fraction of sp³-hybridized carbons (Fsp3) is 0.200. The number of fused-ring (bicyclic) bond motifs is 1. The second-order valence-electron chi connectivity index (χ2n) is 10.1. The van der Waals surface area contributed by atoms with Crippen LogP contribution in [0, 0.1) is 5.92 Å². The van der Waals surface area contributed by atoms with E-state index in [4.69, 9.17) is 4.74 Å². The minimum atomic E-state index is -4.03. The van der Waals surface area contributed by atoms with E-state index >= 15 is 0 Å². The molecule has 1 atom stereocenters. The quantitative estimate of drug-likeness (QED) is 0.150. The molecule has 0 saturated heterocycles. The summed E-state index contributed by atoms with van der Waals surface area (Å²) in [5.74, 6) is -0.138. The molecule has 41 heavy (non-hydrogen) atoms. The first kappa shape index (κ1) is 28.3. The number of carbonyl (C=O) groups is 1. The van der Waals surface area contributed by atoms with Gasteiger partial charge in [-0.05, 0) is 54.3 Å². The van der Waals surface area contributed by atoms with Crippen molar-refractivity contribution in [2.24, 2.45) is 5.92 Å². The molecule has 4 aromatic rings. The SMILES string of the molecule is O=C(NC(CC1CC1)B(O)O)/C(=C/NS(=O)(=O)c1ccc(Oc2cnc3ccccc3c2)cc1)Cc1ccccc1. The van der Waals surface area contributed by atoms with E-state index in [9.17, 15) is 23.3 Å². The predicted molar refractivity (Wildman–Crippen MR) is 156 cm³/mol. The number of aromatic nitrogens is 1. The molecule has 1 fully saturated rings. The molecule has 1 heterocycles.